The van der Waals surface area contributed by atoms with Gasteiger partial charge in [0.25, 0.3) is 11.5 Å². The number of ether oxygens (including phenoxy) is 2. The minimum absolute atomic E-state index is 0.0938. The fourth-order valence-electron chi connectivity index (χ4n) is 3.14. The highest BCUT2D eigenvalue weighted by molar-refractivity contribution is 6.05. The summed E-state index contributed by atoms with van der Waals surface area (Å²) in [7, 11) is 1.28. The topological polar surface area (TPSA) is 86.6 Å². The van der Waals surface area contributed by atoms with E-state index >= 15 is 0 Å². The number of benzene rings is 2. The van der Waals surface area contributed by atoms with Crippen molar-refractivity contribution < 1.29 is 19.1 Å². The zero-order valence-corrected chi connectivity index (χ0v) is 17.6. The maximum atomic E-state index is 13.1. The third kappa shape index (κ3) is 5.19. The van der Waals surface area contributed by atoms with E-state index in [1.807, 2.05) is 37.3 Å². The van der Waals surface area contributed by atoms with Crippen molar-refractivity contribution in [2.24, 2.45) is 0 Å². The van der Waals surface area contributed by atoms with Crippen LogP contribution in [0.5, 0.6) is 5.75 Å². The van der Waals surface area contributed by atoms with E-state index in [1.54, 1.807) is 48.0 Å². The normalized spacial score (nSPS) is 11.5. The molecule has 3 aromatic rings. The highest BCUT2D eigenvalue weighted by atomic mass is 16.6. The van der Waals surface area contributed by atoms with E-state index in [0.717, 1.165) is 5.56 Å². The van der Waals surface area contributed by atoms with Crippen molar-refractivity contribution in [2.45, 2.75) is 19.9 Å². The Balaban J connectivity index is 1.79. The Kier molecular flexibility index (Phi) is 6.87. The smallest absolute Gasteiger partial charge is 0.343 e. The summed E-state index contributed by atoms with van der Waals surface area (Å²) in [6, 6.07) is 17.7. The van der Waals surface area contributed by atoms with Crippen LogP contribution in [0.15, 0.2) is 71.7 Å². The van der Waals surface area contributed by atoms with E-state index in [1.165, 1.54) is 7.11 Å². The molecule has 1 N–H and O–H groups in total. The summed E-state index contributed by atoms with van der Waals surface area (Å²) in [5.41, 5.74) is 1.81. The number of carbonyl (C=O) groups is 2. The minimum atomic E-state index is -0.488. The van der Waals surface area contributed by atoms with Crippen LogP contribution in [-0.2, 0) is 9.53 Å². The molecule has 1 atom stereocenters. The van der Waals surface area contributed by atoms with Gasteiger partial charge in [-0.1, -0.05) is 30.3 Å². The lowest BCUT2D eigenvalue weighted by Gasteiger charge is -2.18. The second kappa shape index (κ2) is 9.75. The largest absolute Gasteiger partial charge is 0.482 e. The Labute approximate surface area is 180 Å². The second-order valence-corrected chi connectivity index (χ2v) is 7.02. The van der Waals surface area contributed by atoms with Crippen LogP contribution >= 0.6 is 0 Å². The number of anilines is 1. The Hall–Kier alpha value is -3.87. The summed E-state index contributed by atoms with van der Waals surface area (Å²) in [6.07, 6.45) is 1.71. The van der Waals surface area contributed by atoms with E-state index in [9.17, 15) is 14.4 Å². The number of amides is 1. The molecule has 0 fully saturated rings. The molecule has 0 bridgehead atoms. The number of methoxy groups -OCH3 is 1. The van der Waals surface area contributed by atoms with Crippen LogP contribution in [0.2, 0.25) is 0 Å². The Morgan fingerprint density at radius 1 is 1.03 bits per heavy atom. The molecule has 1 aromatic heterocycles. The molecule has 1 amide bonds. The molecule has 7 heteroatoms. The third-order valence-electron chi connectivity index (χ3n) is 4.95. The number of nitrogens with zero attached hydrogens (tertiary/aromatic N) is 1. The van der Waals surface area contributed by atoms with E-state index < -0.39 is 11.9 Å². The molecule has 0 spiro atoms. The predicted octanol–water partition coefficient (Wildman–Crippen LogP) is 3.57. The molecule has 3 rings (SSSR count). The first-order chi connectivity index (χ1) is 14.9. The van der Waals surface area contributed by atoms with Gasteiger partial charge in [0.05, 0.1) is 13.2 Å². The number of rotatable bonds is 7. The lowest BCUT2D eigenvalue weighted by Crippen LogP contribution is -2.32. The first-order valence-electron chi connectivity index (χ1n) is 9.78. The van der Waals surface area contributed by atoms with Gasteiger partial charge in [0.15, 0.2) is 6.61 Å². The molecule has 1 heterocycles. The average Bonchev–Trinajstić information content (AvgIpc) is 2.78. The number of carbonyl (C=O) groups excluding carboxylic acids is 2. The molecule has 7 nitrogen and oxygen atoms in total. The summed E-state index contributed by atoms with van der Waals surface area (Å²) in [5, 5.41) is 2.75. The number of pyridine rings is 1. The van der Waals surface area contributed by atoms with Crippen LogP contribution in [0.3, 0.4) is 0 Å². The number of esters is 1. The fourth-order valence-corrected chi connectivity index (χ4v) is 3.14. The predicted molar refractivity (Wildman–Crippen MR) is 118 cm³/mol. The molecule has 0 aliphatic rings. The van der Waals surface area contributed by atoms with Crippen LogP contribution in [0.25, 0.3) is 0 Å². The highest BCUT2D eigenvalue weighted by Crippen LogP contribution is 2.19. The Morgan fingerprint density at radius 2 is 1.71 bits per heavy atom. The van der Waals surface area contributed by atoms with Crippen molar-refractivity contribution in [3.63, 3.8) is 0 Å². The second-order valence-electron chi connectivity index (χ2n) is 7.02. The van der Waals surface area contributed by atoms with Gasteiger partial charge in [0.2, 0.25) is 0 Å². The van der Waals surface area contributed by atoms with Crippen molar-refractivity contribution in [1.29, 1.82) is 0 Å². The molecule has 160 valence electrons. The van der Waals surface area contributed by atoms with Gasteiger partial charge >= 0.3 is 5.97 Å². The molecule has 0 saturated heterocycles. The van der Waals surface area contributed by atoms with Gasteiger partial charge < -0.3 is 19.4 Å². The zero-order chi connectivity index (χ0) is 22.4. The fraction of sp³-hybridized carbons (Fsp3) is 0.208. The molecule has 1 unspecified atom stereocenters. The van der Waals surface area contributed by atoms with Gasteiger partial charge in [0.1, 0.15) is 11.3 Å². The van der Waals surface area contributed by atoms with Crippen molar-refractivity contribution in [2.75, 3.05) is 19.0 Å². The van der Waals surface area contributed by atoms with Crippen LogP contribution in [0, 0.1) is 6.92 Å². The maximum Gasteiger partial charge on any atom is 0.343 e. The Morgan fingerprint density at radius 3 is 2.35 bits per heavy atom. The lowest BCUT2D eigenvalue weighted by molar-refractivity contribution is -0.142. The lowest BCUT2D eigenvalue weighted by atomic mass is 10.1. The van der Waals surface area contributed by atoms with Crippen molar-refractivity contribution >= 4 is 17.6 Å². The molecular weight excluding hydrogens is 396 g/mol. The van der Waals surface area contributed by atoms with Gasteiger partial charge in [-0.2, -0.15) is 0 Å². The number of aromatic nitrogens is 1. The van der Waals surface area contributed by atoms with E-state index in [0.29, 0.717) is 17.0 Å². The summed E-state index contributed by atoms with van der Waals surface area (Å²) in [5.74, 6) is -0.517. The Bertz CT molecular complexity index is 1120. The van der Waals surface area contributed by atoms with Crippen molar-refractivity contribution in [1.82, 2.24) is 4.57 Å². The number of aryl methyl sites for hydroxylation is 1. The summed E-state index contributed by atoms with van der Waals surface area (Å²) >= 11 is 0. The SMILES string of the molecule is COC(=O)COc1ccc(NC(=O)c2c(C)ccn(C(C)c3ccccc3)c2=O)cc1. The molecule has 2 aromatic carbocycles. The third-order valence-corrected chi connectivity index (χ3v) is 4.95. The molecule has 0 saturated carbocycles. The quantitative estimate of drug-likeness (QED) is 0.591. The van der Waals surface area contributed by atoms with Crippen molar-refractivity contribution in [3.05, 3.63) is 93.9 Å². The molecular formula is C24H24N2O5. The van der Waals surface area contributed by atoms with Gasteiger partial charge in [-0.05, 0) is 55.3 Å². The maximum absolute atomic E-state index is 13.1. The first-order valence-corrected chi connectivity index (χ1v) is 9.78. The number of hydrogen-bond donors (Lipinski definition) is 1. The monoisotopic (exact) mass is 420 g/mol. The van der Waals surface area contributed by atoms with E-state index in [4.69, 9.17) is 4.74 Å². The molecule has 0 aliphatic carbocycles. The highest BCUT2D eigenvalue weighted by Gasteiger charge is 2.19. The summed E-state index contributed by atoms with van der Waals surface area (Å²) in [4.78, 5) is 37.1. The minimum Gasteiger partial charge on any atom is -0.482 e. The number of nitrogens with one attached hydrogen (secondary N) is 1. The number of hydrogen-bond acceptors (Lipinski definition) is 5. The van der Waals surface area contributed by atoms with Gasteiger partial charge in [-0.25, -0.2) is 4.79 Å². The molecule has 31 heavy (non-hydrogen) atoms. The van der Waals surface area contributed by atoms with E-state index in [2.05, 4.69) is 10.1 Å². The zero-order valence-electron chi connectivity index (χ0n) is 17.6. The van der Waals surface area contributed by atoms with Gasteiger partial charge in [-0.15, -0.1) is 0 Å². The van der Waals surface area contributed by atoms with Gasteiger partial charge in [-0.3, -0.25) is 9.59 Å². The van der Waals surface area contributed by atoms with E-state index in [-0.39, 0.29) is 23.8 Å². The molecule has 0 radical (unpaired) electrons. The van der Waals surface area contributed by atoms with Crippen LogP contribution in [0.1, 0.15) is 34.5 Å². The van der Waals surface area contributed by atoms with Crippen LogP contribution in [-0.4, -0.2) is 30.2 Å². The van der Waals surface area contributed by atoms with Gasteiger partial charge in [0, 0.05) is 11.9 Å². The molecule has 0 aliphatic heterocycles. The standard InChI is InChI=1S/C24H24N2O5/c1-16-13-14-26(17(2)18-7-5-4-6-8-18)24(29)22(16)23(28)25-19-9-11-20(12-10-19)31-15-21(27)30-3/h4-14,17H,15H2,1-3H3,(H,25,28). The summed E-state index contributed by atoms with van der Waals surface area (Å²) < 4.78 is 11.4. The van der Waals surface area contributed by atoms with Crippen LogP contribution < -0.4 is 15.6 Å². The first kappa shape index (κ1) is 21.8. The summed E-state index contributed by atoms with van der Waals surface area (Å²) in [6.45, 7) is 3.45. The van der Waals surface area contributed by atoms with Crippen molar-refractivity contribution in [3.8, 4) is 5.75 Å². The van der Waals surface area contributed by atoms with Crippen LogP contribution in [0.4, 0.5) is 5.69 Å². The average molecular weight is 420 g/mol.